The largest absolute Gasteiger partial charge is 0.299 e. The van der Waals surface area contributed by atoms with Crippen molar-refractivity contribution in [2.75, 3.05) is 13.6 Å². The number of hydrogen-bond donors (Lipinski definition) is 0. The van der Waals surface area contributed by atoms with E-state index >= 15 is 0 Å². The summed E-state index contributed by atoms with van der Waals surface area (Å²) in [6, 6.07) is 2.71. The summed E-state index contributed by atoms with van der Waals surface area (Å²) in [4.78, 5) is 2.31. The predicted molar refractivity (Wildman–Crippen MR) is 237 cm³/mol. The minimum Gasteiger partial charge on any atom is -0.299 e. The van der Waals surface area contributed by atoms with Crippen LogP contribution in [0, 0.1) is 40.4 Å². The van der Waals surface area contributed by atoms with Crippen molar-refractivity contribution in [1.29, 1.82) is 5.26 Å². The number of allylic oxidation sites excluding steroid dienone is 17. The number of hydrogen-bond acceptors (Lipinski definition) is 2. The zero-order valence-electron chi connectivity index (χ0n) is 35.7. The molecule has 2 heteroatoms. The lowest BCUT2D eigenvalue weighted by atomic mass is 9.78. The summed E-state index contributed by atoms with van der Waals surface area (Å²) in [6.07, 6.45) is 44.6. The molecule has 0 spiro atoms. The molecule has 290 valence electrons. The Morgan fingerprint density at radius 1 is 0.923 bits per heavy atom. The molecule has 0 saturated heterocycles. The Kier molecular flexibility index (Phi) is 31.4. The van der Waals surface area contributed by atoms with Crippen LogP contribution in [0.15, 0.2) is 134 Å². The van der Waals surface area contributed by atoms with E-state index in [1.165, 1.54) is 50.5 Å². The molecule has 0 bridgehead atoms. The summed E-state index contributed by atoms with van der Waals surface area (Å²) < 4.78 is 0. The molecule has 0 heterocycles. The molecule has 0 N–H and O–H groups in total. The minimum atomic E-state index is 0.107. The van der Waals surface area contributed by atoms with Crippen molar-refractivity contribution < 1.29 is 0 Å². The standard InChI is InChI=1S/C28H44N2.C18H28.C4H8/c1-11-26(28(7,8)9)18-16-14-12-13-15-17-23(4)21-30(10)25(6)27(19-20-29)24(5)22(2)3;1-3-5-6-7-10-14-17(13-4-2)18-15-11-8-9-12-16-18;1-3-4-2/h11-18,22,24-25,27H,1,4,19,21H2,2-3,5-10H3;3,5-7,10,14-15,17H,4,8-9,11-13,16H2,1-2H3;3H,1,4H2,2H3/b13-12+,16-14+,17-15-,26-18+;5-3+,7-6-,14-10+;/t24?,25?,27-;;/m1../s1. The topological polar surface area (TPSA) is 27.0 Å². The molecule has 2 nitrogen and oxygen atoms in total. The zero-order chi connectivity index (χ0) is 39.8. The molecule has 0 aromatic rings. The van der Waals surface area contributed by atoms with Gasteiger partial charge in [0.05, 0.1) is 6.07 Å². The van der Waals surface area contributed by atoms with E-state index in [1.54, 1.807) is 5.57 Å². The van der Waals surface area contributed by atoms with E-state index in [0.717, 1.165) is 18.5 Å². The van der Waals surface area contributed by atoms with Crippen LogP contribution >= 0.6 is 0 Å². The maximum Gasteiger partial charge on any atom is 0.0625 e. The van der Waals surface area contributed by atoms with Gasteiger partial charge in [-0.1, -0.05) is 184 Å². The second-order valence-electron chi connectivity index (χ2n) is 15.4. The van der Waals surface area contributed by atoms with Gasteiger partial charge in [0.25, 0.3) is 0 Å². The van der Waals surface area contributed by atoms with Gasteiger partial charge in [0, 0.05) is 19.0 Å². The van der Waals surface area contributed by atoms with Crippen LogP contribution in [0.1, 0.15) is 127 Å². The molecule has 4 atom stereocenters. The first kappa shape index (κ1) is 50.7. The quantitative estimate of drug-likeness (QED) is 0.0986. The molecule has 0 fully saturated rings. The Hall–Kier alpha value is -3.41. The SMILES string of the molecule is C/C=C/C=C\C=C\C(CCC)C1=CCCCCC1.C=CCC.C=C\C(=C/C=C/C=C/C=C\C(=C)CN(C)C(C)[C@H](CC#N)C(C)C(C)C)C(C)(C)C. The van der Waals surface area contributed by atoms with E-state index in [0.29, 0.717) is 36.1 Å². The highest BCUT2D eigenvalue weighted by Crippen LogP contribution is 2.30. The second-order valence-corrected chi connectivity index (χ2v) is 15.4. The molecule has 1 aliphatic carbocycles. The fourth-order valence-electron chi connectivity index (χ4n) is 5.94. The number of likely N-dealkylation sites (N-methyl/N-ethyl adjacent to an activating group) is 1. The van der Waals surface area contributed by atoms with Crippen molar-refractivity contribution in [2.24, 2.45) is 29.1 Å². The second kappa shape index (κ2) is 32.3. The van der Waals surface area contributed by atoms with E-state index in [2.05, 4.69) is 155 Å². The Bertz CT molecular complexity index is 1240. The maximum absolute atomic E-state index is 9.25. The predicted octanol–water partition coefficient (Wildman–Crippen LogP) is 15.1. The van der Waals surface area contributed by atoms with Gasteiger partial charge < -0.3 is 0 Å². The first-order valence-electron chi connectivity index (χ1n) is 20.1. The lowest BCUT2D eigenvalue weighted by Gasteiger charge is -2.36. The van der Waals surface area contributed by atoms with Gasteiger partial charge in [-0.2, -0.15) is 5.26 Å². The average molecular weight is 709 g/mol. The highest BCUT2D eigenvalue weighted by Gasteiger charge is 2.28. The van der Waals surface area contributed by atoms with Crippen LogP contribution in [0.2, 0.25) is 0 Å². The van der Waals surface area contributed by atoms with Crippen molar-refractivity contribution in [3.63, 3.8) is 0 Å². The van der Waals surface area contributed by atoms with Crippen molar-refractivity contribution in [1.82, 2.24) is 4.90 Å². The van der Waals surface area contributed by atoms with Gasteiger partial charge in [-0.05, 0) is 99.7 Å². The molecule has 0 aromatic carbocycles. The highest BCUT2D eigenvalue weighted by molar-refractivity contribution is 5.29. The summed E-state index contributed by atoms with van der Waals surface area (Å²) in [5, 5.41) is 9.25. The minimum absolute atomic E-state index is 0.107. The molecule has 1 rings (SSSR count). The van der Waals surface area contributed by atoms with Gasteiger partial charge in [-0.3, -0.25) is 4.90 Å². The molecule has 0 saturated carbocycles. The van der Waals surface area contributed by atoms with E-state index in [9.17, 15) is 5.26 Å². The van der Waals surface area contributed by atoms with E-state index in [4.69, 9.17) is 0 Å². The molecule has 1 aliphatic rings. The summed E-state index contributed by atoms with van der Waals surface area (Å²) in [7, 11) is 2.12. The molecule has 0 aliphatic heterocycles. The lowest BCUT2D eigenvalue weighted by molar-refractivity contribution is 0.139. The van der Waals surface area contributed by atoms with E-state index in [-0.39, 0.29) is 5.41 Å². The lowest BCUT2D eigenvalue weighted by Crippen LogP contribution is -2.40. The molecule has 3 unspecified atom stereocenters. The Balaban J connectivity index is 0. The fourth-order valence-corrected chi connectivity index (χ4v) is 5.94. The molecule has 0 amide bonds. The Labute approximate surface area is 324 Å². The molecular weight excluding hydrogens is 629 g/mol. The first-order chi connectivity index (χ1) is 24.7. The average Bonchev–Trinajstić information content (AvgIpc) is 3.40. The van der Waals surface area contributed by atoms with Gasteiger partial charge in [0.1, 0.15) is 0 Å². The van der Waals surface area contributed by atoms with E-state index < -0.39 is 0 Å². The monoisotopic (exact) mass is 709 g/mol. The van der Waals surface area contributed by atoms with Crippen molar-refractivity contribution in [2.45, 2.75) is 133 Å². The van der Waals surface area contributed by atoms with E-state index in [1.807, 2.05) is 49.5 Å². The van der Waals surface area contributed by atoms with Crippen molar-refractivity contribution in [3.05, 3.63) is 134 Å². The van der Waals surface area contributed by atoms with Crippen molar-refractivity contribution in [3.8, 4) is 6.07 Å². The number of nitrogens with zero attached hydrogens (tertiary/aromatic N) is 2. The molecule has 0 radical (unpaired) electrons. The smallest absolute Gasteiger partial charge is 0.0625 e. The van der Waals surface area contributed by atoms with Gasteiger partial charge >= 0.3 is 0 Å². The van der Waals surface area contributed by atoms with Gasteiger partial charge in [0.2, 0.25) is 0 Å². The fraction of sp³-hybridized carbons (Fsp3) is 0.540. The maximum atomic E-state index is 9.25. The van der Waals surface area contributed by atoms with Crippen LogP contribution in [0.3, 0.4) is 0 Å². The summed E-state index contributed by atoms with van der Waals surface area (Å²) in [5.74, 6) is 2.11. The van der Waals surface area contributed by atoms with Gasteiger partial charge in [0.15, 0.2) is 0 Å². The number of rotatable bonds is 19. The third-order valence-electron chi connectivity index (χ3n) is 9.77. The van der Waals surface area contributed by atoms with Crippen LogP contribution in [0.25, 0.3) is 0 Å². The number of nitriles is 1. The Morgan fingerprint density at radius 2 is 1.54 bits per heavy atom. The summed E-state index contributed by atoms with van der Waals surface area (Å²) >= 11 is 0. The van der Waals surface area contributed by atoms with Crippen LogP contribution in [-0.2, 0) is 0 Å². The zero-order valence-corrected chi connectivity index (χ0v) is 35.7. The van der Waals surface area contributed by atoms with Gasteiger partial charge in [-0.15, -0.1) is 6.58 Å². The van der Waals surface area contributed by atoms with Crippen LogP contribution in [-0.4, -0.2) is 24.5 Å². The van der Waals surface area contributed by atoms with Crippen molar-refractivity contribution >= 4 is 0 Å². The molecule has 52 heavy (non-hydrogen) atoms. The van der Waals surface area contributed by atoms with Crippen LogP contribution in [0.5, 0.6) is 0 Å². The third kappa shape index (κ3) is 25.5. The Morgan fingerprint density at radius 3 is 2.10 bits per heavy atom. The van der Waals surface area contributed by atoms with Crippen LogP contribution in [0.4, 0.5) is 0 Å². The molecular formula is C50H80N2. The summed E-state index contributed by atoms with van der Waals surface area (Å²) in [5.41, 5.74) is 4.07. The van der Waals surface area contributed by atoms with Gasteiger partial charge in [-0.25, -0.2) is 0 Å². The normalized spacial score (nSPS) is 16.8. The highest BCUT2D eigenvalue weighted by atomic mass is 15.1. The third-order valence-corrected chi connectivity index (χ3v) is 9.77. The molecule has 0 aromatic heterocycles. The summed E-state index contributed by atoms with van der Waals surface area (Å²) in [6.45, 7) is 34.3. The van der Waals surface area contributed by atoms with Crippen LogP contribution < -0.4 is 0 Å². The first-order valence-corrected chi connectivity index (χ1v) is 20.1.